The number of carbonyl (C=O) groups excluding carboxylic acids is 2. The van der Waals surface area contributed by atoms with Gasteiger partial charge in [0.2, 0.25) is 5.91 Å². The normalized spacial score (nSPS) is 14.6. The van der Waals surface area contributed by atoms with Gasteiger partial charge in [-0.25, -0.2) is 9.78 Å². The van der Waals surface area contributed by atoms with Crippen LogP contribution in [0.2, 0.25) is 0 Å². The summed E-state index contributed by atoms with van der Waals surface area (Å²) in [6.07, 6.45) is 2.89. The van der Waals surface area contributed by atoms with Crippen LogP contribution in [0.3, 0.4) is 0 Å². The molecule has 10 heteroatoms. The van der Waals surface area contributed by atoms with E-state index in [0.29, 0.717) is 45.8 Å². The Bertz CT molecular complexity index is 1580. The summed E-state index contributed by atoms with van der Waals surface area (Å²) in [5, 5.41) is 3.98. The van der Waals surface area contributed by atoms with Crippen LogP contribution in [0.5, 0.6) is 5.75 Å². The maximum atomic E-state index is 13.9. The fourth-order valence-electron chi connectivity index (χ4n) is 4.66. The largest absolute Gasteiger partial charge is 0.497 e. The molecule has 0 fully saturated rings. The minimum atomic E-state index is -0.409. The summed E-state index contributed by atoms with van der Waals surface area (Å²) in [7, 11) is 1.59. The van der Waals surface area contributed by atoms with Crippen molar-refractivity contribution in [2.24, 2.45) is 5.92 Å². The molecule has 1 aliphatic carbocycles. The second-order valence-corrected chi connectivity index (χ2v) is 11.4. The first-order chi connectivity index (χ1) is 18.9. The minimum absolute atomic E-state index is 0.0514. The third-order valence-electron chi connectivity index (χ3n) is 6.64. The lowest BCUT2D eigenvalue weighted by Gasteiger charge is -2.18. The number of thiophene rings is 1. The molecule has 1 aliphatic rings. The number of hydrogen-bond acceptors (Lipinski definition) is 8. The smallest absolute Gasteiger partial charge is 0.338 e. The van der Waals surface area contributed by atoms with Crippen LogP contribution < -0.4 is 15.6 Å². The van der Waals surface area contributed by atoms with Gasteiger partial charge >= 0.3 is 5.97 Å². The first-order valence-corrected chi connectivity index (χ1v) is 14.6. The SMILES string of the molecule is CCOC(=O)c1ccc(NC(=O)CSc2nc3sc4c(c3c(=O)n2-c2ccc(OC)cc2)CCC(C)C4)cc1. The summed E-state index contributed by atoms with van der Waals surface area (Å²) in [4.78, 5) is 45.5. The number of fused-ring (bicyclic) bond motifs is 3. The van der Waals surface area contributed by atoms with E-state index < -0.39 is 5.97 Å². The summed E-state index contributed by atoms with van der Waals surface area (Å²) in [5.74, 6) is 0.659. The molecule has 0 bridgehead atoms. The molecular weight excluding hydrogens is 534 g/mol. The van der Waals surface area contributed by atoms with Crippen molar-refractivity contribution in [1.82, 2.24) is 9.55 Å². The first kappa shape index (κ1) is 27.0. The molecule has 2 aromatic heterocycles. The van der Waals surface area contributed by atoms with Crippen molar-refractivity contribution in [2.75, 3.05) is 24.8 Å². The summed E-state index contributed by atoms with van der Waals surface area (Å²) < 4.78 is 11.9. The van der Waals surface area contributed by atoms with E-state index in [1.807, 2.05) is 12.1 Å². The van der Waals surface area contributed by atoms with Crippen molar-refractivity contribution in [3.63, 3.8) is 0 Å². The number of rotatable bonds is 8. The summed E-state index contributed by atoms with van der Waals surface area (Å²) in [6.45, 7) is 4.28. The molecule has 0 aliphatic heterocycles. The third-order valence-corrected chi connectivity index (χ3v) is 8.73. The number of ether oxygens (including phenoxy) is 2. The van der Waals surface area contributed by atoms with Crippen molar-refractivity contribution in [3.05, 3.63) is 74.9 Å². The van der Waals surface area contributed by atoms with Gasteiger partial charge in [0.25, 0.3) is 5.56 Å². The number of esters is 1. The summed E-state index contributed by atoms with van der Waals surface area (Å²) >= 11 is 2.80. The van der Waals surface area contributed by atoms with Gasteiger partial charge in [0, 0.05) is 10.6 Å². The number of hydrogen-bond donors (Lipinski definition) is 1. The van der Waals surface area contributed by atoms with Gasteiger partial charge in [-0.05, 0) is 86.2 Å². The van der Waals surface area contributed by atoms with Crippen LogP contribution in [0.25, 0.3) is 15.9 Å². The molecule has 8 nitrogen and oxygen atoms in total. The highest BCUT2D eigenvalue weighted by atomic mass is 32.2. The molecule has 4 aromatic rings. The Balaban J connectivity index is 1.43. The molecule has 2 heterocycles. The van der Waals surface area contributed by atoms with Gasteiger partial charge in [-0.3, -0.25) is 14.2 Å². The molecule has 0 saturated heterocycles. The molecule has 2 aromatic carbocycles. The lowest BCUT2D eigenvalue weighted by atomic mass is 9.89. The maximum absolute atomic E-state index is 13.9. The summed E-state index contributed by atoms with van der Waals surface area (Å²) in [5.41, 5.74) is 2.64. The van der Waals surface area contributed by atoms with E-state index in [0.717, 1.165) is 29.7 Å². The number of carbonyl (C=O) groups is 2. The molecule has 0 saturated carbocycles. The van der Waals surface area contributed by atoms with Gasteiger partial charge in [0.1, 0.15) is 10.6 Å². The lowest BCUT2D eigenvalue weighted by molar-refractivity contribution is -0.113. The van der Waals surface area contributed by atoms with E-state index in [1.54, 1.807) is 66.3 Å². The van der Waals surface area contributed by atoms with Gasteiger partial charge in [-0.15, -0.1) is 11.3 Å². The zero-order chi connectivity index (χ0) is 27.5. The van der Waals surface area contributed by atoms with Crippen molar-refractivity contribution in [1.29, 1.82) is 0 Å². The number of thioether (sulfide) groups is 1. The number of nitrogens with one attached hydrogen (secondary N) is 1. The fourth-order valence-corrected chi connectivity index (χ4v) is 6.89. The average Bonchev–Trinajstić information content (AvgIpc) is 3.30. The zero-order valence-corrected chi connectivity index (χ0v) is 23.6. The van der Waals surface area contributed by atoms with Gasteiger partial charge in [0.05, 0.1) is 36.1 Å². The average molecular weight is 564 g/mol. The second kappa shape index (κ2) is 11.6. The number of nitrogens with zero attached hydrogens (tertiary/aromatic N) is 2. The molecule has 0 radical (unpaired) electrons. The van der Waals surface area contributed by atoms with Crippen LogP contribution >= 0.6 is 23.1 Å². The number of anilines is 1. The van der Waals surface area contributed by atoms with E-state index in [1.165, 1.54) is 16.6 Å². The van der Waals surface area contributed by atoms with Crippen LogP contribution in [0, 0.1) is 5.92 Å². The van der Waals surface area contributed by atoms with Crippen LogP contribution in [0.4, 0.5) is 5.69 Å². The first-order valence-electron chi connectivity index (χ1n) is 12.8. The van der Waals surface area contributed by atoms with E-state index in [9.17, 15) is 14.4 Å². The number of methoxy groups -OCH3 is 1. The quantitative estimate of drug-likeness (QED) is 0.172. The molecule has 1 N–H and O–H groups in total. The summed E-state index contributed by atoms with van der Waals surface area (Å²) in [6, 6.07) is 13.8. The second-order valence-electron chi connectivity index (χ2n) is 9.40. The van der Waals surface area contributed by atoms with Crippen LogP contribution in [-0.4, -0.2) is 40.9 Å². The Kier molecular flexibility index (Phi) is 8.04. The van der Waals surface area contributed by atoms with Gasteiger partial charge in [0.15, 0.2) is 5.16 Å². The van der Waals surface area contributed by atoms with Crippen LogP contribution in [0.1, 0.15) is 41.1 Å². The van der Waals surface area contributed by atoms with E-state index >= 15 is 0 Å². The maximum Gasteiger partial charge on any atom is 0.338 e. The third kappa shape index (κ3) is 5.72. The molecule has 39 heavy (non-hydrogen) atoms. The van der Waals surface area contributed by atoms with Crippen molar-refractivity contribution < 1.29 is 19.1 Å². The zero-order valence-electron chi connectivity index (χ0n) is 22.0. The van der Waals surface area contributed by atoms with Crippen LogP contribution in [0.15, 0.2) is 58.5 Å². The van der Waals surface area contributed by atoms with Gasteiger partial charge in [-0.1, -0.05) is 18.7 Å². The Labute approximate surface area is 234 Å². The standard InChI is InChI=1S/C29H29N3O5S2/c1-4-37-28(35)18-6-8-19(9-7-18)30-24(33)16-38-29-31-26-25(22-14-5-17(2)15-23(22)39-26)27(34)32(29)20-10-12-21(36-3)13-11-20/h6-13,17H,4-5,14-16H2,1-3H3,(H,30,33). The predicted octanol–water partition coefficient (Wildman–Crippen LogP) is 5.49. The van der Waals surface area contributed by atoms with Crippen molar-refractivity contribution in [2.45, 2.75) is 38.3 Å². The van der Waals surface area contributed by atoms with E-state index in [-0.39, 0.29) is 17.2 Å². The highest BCUT2D eigenvalue weighted by Gasteiger charge is 2.25. The molecular formula is C29H29N3O5S2. The Morgan fingerprint density at radius 3 is 2.59 bits per heavy atom. The number of aromatic nitrogens is 2. The number of aryl methyl sites for hydroxylation is 1. The molecule has 1 unspecified atom stereocenters. The van der Waals surface area contributed by atoms with E-state index in [4.69, 9.17) is 14.5 Å². The molecule has 202 valence electrons. The highest BCUT2D eigenvalue weighted by molar-refractivity contribution is 7.99. The molecule has 1 atom stereocenters. The Morgan fingerprint density at radius 1 is 1.15 bits per heavy atom. The van der Waals surface area contributed by atoms with Crippen molar-refractivity contribution in [3.8, 4) is 11.4 Å². The van der Waals surface area contributed by atoms with Gasteiger partial charge in [-0.2, -0.15) is 0 Å². The molecule has 0 spiro atoms. The minimum Gasteiger partial charge on any atom is -0.497 e. The van der Waals surface area contributed by atoms with E-state index in [2.05, 4.69) is 12.2 Å². The highest BCUT2D eigenvalue weighted by Crippen LogP contribution is 2.37. The van der Waals surface area contributed by atoms with Gasteiger partial charge < -0.3 is 14.8 Å². The molecule has 1 amide bonds. The predicted molar refractivity (Wildman–Crippen MR) is 155 cm³/mol. The topological polar surface area (TPSA) is 99.5 Å². The fraction of sp³-hybridized carbons (Fsp3) is 0.310. The monoisotopic (exact) mass is 563 g/mol. The number of amides is 1. The lowest BCUT2D eigenvalue weighted by Crippen LogP contribution is -2.23. The molecule has 5 rings (SSSR count). The number of benzene rings is 2. The Hall–Kier alpha value is -3.63. The van der Waals surface area contributed by atoms with Crippen LogP contribution in [-0.2, 0) is 22.4 Å². The van der Waals surface area contributed by atoms with Crippen molar-refractivity contribution >= 4 is 50.9 Å². The Morgan fingerprint density at radius 2 is 1.90 bits per heavy atom.